The summed E-state index contributed by atoms with van der Waals surface area (Å²) in [4.78, 5) is 4.22. The van der Waals surface area contributed by atoms with E-state index in [1.54, 1.807) is 6.21 Å². The van der Waals surface area contributed by atoms with Gasteiger partial charge in [-0.1, -0.05) is 30.3 Å². The summed E-state index contributed by atoms with van der Waals surface area (Å²) >= 11 is 0. The molecule has 0 unspecified atom stereocenters. The molecule has 0 atom stereocenters. The van der Waals surface area contributed by atoms with Crippen LogP contribution in [0.2, 0.25) is 0 Å². The topological polar surface area (TPSA) is 60.9 Å². The maximum atomic E-state index is 4.59. The first-order valence-corrected chi connectivity index (χ1v) is 6.86. The Morgan fingerprint density at radius 3 is 2.81 bits per heavy atom. The number of hydrogen-bond acceptors (Lipinski definition) is 4. The van der Waals surface area contributed by atoms with Crippen LogP contribution in [0.5, 0.6) is 0 Å². The van der Waals surface area contributed by atoms with Crippen molar-refractivity contribution in [3.05, 3.63) is 42.2 Å². The van der Waals surface area contributed by atoms with Gasteiger partial charge in [0, 0.05) is 13.6 Å². The summed E-state index contributed by atoms with van der Waals surface area (Å²) in [5, 5.41) is 13.0. The van der Waals surface area contributed by atoms with Crippen molar-refractivity contribution in [2.24, 2.45) is 12.0 Å². The van der Waals surface area contributed by atoms with Crippen LogP contribution in [0.25, 0.3) is 22.8 Å². The molecule has 4 rings (SSSR count). The fourth-order valence-electron chi connectivity index (χ4n) is 2.58. The minimum Gasteiger partial charge on any atom is -0.303 e. The molecule has 0 radical (unpaired) electrons. The summed E-state index contributed by atoms with van der Waals surface area (Å²) in [5.74, 6) is 1.59. The molecule has 0 saturated heterocycles. The molecule has 6 heteroatoms. The Bertz CT molecular complexity index is 812. The van der Waals surface area contributed by atoms with E-state index in [1.165, 1.54) is 0 Å². The summed E-state index contributed by atoms with van der Waals surface area (Å²) in [6.07, 6.45) is 1.76. The predicted octanol–water partition coefficient (Wildman–Crippen LogP) is 1.78. The molecule has 0 aliphatic carbocycles. The summed E-state index contributed by atoms with van der Waals surface area (Å²) < 4.78 is 3.94. The lowest BCUT2D eigenvalue weighted by molar-refractivity contribution is 0.688. The molecule has 0 fully saturated rings. The number of aryl methyl sites for hydroxylation is 1. The van der Waals surface area contributed by atoms with Crippen LogP contribution < -0.4 is 0 Å². The van der Waals surface area contributed by atoms with Gasteiger partial charge in [0.2, 0.25) is 0 Å². The molecule has 0 spiro atoms. The van der Waals surface area contributed by atoms with Crippen LogP contribution in [0.3, 0.4) is 0 Å². The molecule has 0 bridgehead atoms. The minimum atomic E-state index is 0.760. The van der Waals surface area contributed by atoms with Crippen LogP contribution in [-0.4, -0.2) is 37.3 Å². The first-order valence-electron chi connectivity index (χ1n) is 6.86. The predicted molar refractivity (Wildman–Crippen MR) is 80.1 cm³/mol. The van der Waals surface area contributed by atoms with Crippen molar-refractivity contribution in [1.29, 1.82) is 0 Å². The molecule has 1 aromatic carbocycles. The van der Waals surface area contributed by atoms with Crippen molar-refractivity contribution in [1.82, 2.24) is 24.5 Å². The van der Waals surface area contributed by atoms with Crippen molar-refractivity contribution >= 4 is 6.21 Å². The average Bonchev–Trinajstić information content (AvgIpc) is 3.11. The van der Waals surface area contributed by atoms with Gasteiger partial charge < -0.3 is 4.57 Å². The third-order valence-electron chi connectivity index (χ3n) is 3.62. The van der Waals surface area contributed by atoms with Crippen LogP contribution in [-0.2, 0) is 13.6 Å². The lowest BCUT2D eigenvalue weighted by Crippen LogP contribution is -2.12. The van der Waals surface area contributed by atoms with E-state index in [9.17, 15) is 0 Å². The van der Waals surface area contributed by atoms with Gasteiger partial charge in [-0.3, -0.25) is 9.67 Å². The number of hydrogen-bond donors (Lipinski definition) is 0. The highest BCUT2D eigenvalue weighted by Gasteiger charge is 2.18. The van der Waals surface area contributed by atoms with Crippen molar-refractivity contribution in [2.45, 2.75) is 6.54 Å². The SMILES string of the molecule is Cn1nc(-c2nnc3n2CCN=C3)cc1-c1ccccc1. The van der Waals surface area contributed by atoms with E-state index in [0.717, 1.165) is 41.7 Å². The maximum absolute atomic E-state index is 4.59. The molecule has 0 amide bonds. The molecule has 1 aliphatic rings. The number of fused-ring (bicyclic) bond motifs is 1. The van der Waals surface area contributed by atoms with Gasteiger partial charge in [-0.15, -0.1) is 10.2 Å². The highest BCUT2D eigenvalue weighted by Crippen LogP contribution is 2.25. The third-order valence-corrected chi connectivity index (χ3v) is 3.62. The van der Waals surface area contributed by atoms with E-state index < -0.39 is 0 Å². The van der Waals surface area contributed by atoms with E-state index in [2.05, 4.69) is 43.1 Å². The van der Waals surface area contributed by atoms with Gasteiger partial charge in [0.25, 0.3) is 0 Å². The molecule has 0 saturated carbocycles. The van der Waals surface area contributed by atoms with Gasteiger partial charge in [0.05, 0.1) is 18.5 Å². The first kappa shape index (κ1) is 12.0. The van der Waals surface area contributed by atoms with Crippen LogP contribution in [0, 0.1) is 0 Å². The number of aromatic nitrogens is 5. The van der Waals surface area contributed by atoms with Gasteiger partial charge >= 0.3 is 0 Å². The first-order chi connectivity index (χ1) is 10.3. The van der Waals surface area contributed by atoms with Gasteiger partial charge in [-0.2, -0.15) is 5.10 Å². The number of benzene rings is 1. The van der Waals surface area contributed by atoms with E-state index in [0.29, 0.717) is 0 Å². The van der Waals surface area contributed by atoms with Crippen LogP contribution in [0.15, 0.2) is 41.4 Å². The molecule has 3 aromatic rings. The highest BCUT2D eigenvalue weighted by molar-refractivity contribution is 5.77. The van der Waals surface area contributed by atoms with Gasteiger partial charge in [-0.25, -0.2) is 0 Å². The Morgan fingerprint density at radius 1 is 1.10 bits per heavy atom. The highest BCUT2D eigenvalue weighted by atomic mass is 15.3. The van der Waals surface area contributed by atoms with Crippen LogP contribution in [0.1, 0.15) is 5.82 Å². The van der Waals surface area contributed by atoms with Crippen molar-refractivity contribution < 1.29 is 0 Å². The summed E-state index contributed by atoms with van der Waals surface area (Å²) in [6.45, 7) is 1.56. The zero-order valence-electron chi connectivity index (χ0n) is 11.6. The van der Waals surface area contributed by atoms with Gasteiger partial charge in [-0.05, 0) is 11.6 Å². The minimum absolute atomic E-state index is 0.760. The monoisotopic (exact) mass is 278 g/mol. The second kappa shape index (κ2) is 4.66. The molecule has 21 heavy (non-hydrogen) atoms. The zero-order valence-corrected chi connectivity index (χ0v) is 11.6. The van der Waals surface area contributed by atoms with Gasteiger partial charge in [0.1, 0.15) is 5.69 Å². The summed E-state index contributed by atoms with van der Waals surface area (Å²) in [7, 11) is 1.95. The second-order valence-electron chi connectivity index (χ2n) is 4.97. The fraction of sp³-hybridized carbons (Fsp3) is 0.200. The van der Waals surface area contributed by atoms with Crippen molar-refractivity contribution in [3.63, 3.8) is 0 Å². The Kier molecular flexibility index (Phi) is 2.67. The van der Waals surface area contributed by atoms with Crippen LogP contribution >= 0.6 is 0 Å². The molecule has 1 aliphatic heterocycles. The fourth-order valence-corrected chi connectivity index (χ4v) is 2.58. The largest absolute Gasteiger partial charge is 0.303 e. The molecule has 104 valence electrons. The molecular formula is C15H14N6. The Hall–Kier alpha value is -2.76. The average molecular weight is 278 g/mol. The quantitative estimate of drug-likeness (QED) is 0.718. The smallest absolute Gasteiger partial charge is 0.184 e. The number of rotatable bonds is 2. The molecule has 0 N–H and O–H groups in total. The van der Waals surface area contributed by atoms with Gasteiger partial charge in [0.15, 0.2) is 11.6 Å². The lowest BCUT2D eigenvalue weighted by Gasteiger charge is -2.08. The summed E-state index contributed by atoms with van der Waals surface area (Å²) in [5.41, 5.74) is 3.04. The van der Waals surface area contributed by atoms with Crippen molar-refractivity contribution in [2.75, 3.05) is 6.54 Å². The Labute approximate surface area is 121 Å². The van der Waals surface area contributed by atoms with E-state index >= 15 is 0 Å². The van der Waals surface area contributed by atoms with Crippen molar-refractivity contribution in [3.8, 4) is 22.8 Å². The Balaban J connectivity index is 1.81. The number of aliphatic imine (C=N–C) groups is 1. The molecule has 3 heterocycles. The van der Waals surface area contributed by atoms with E-state index in [1.807, 2.05) is 29.9 Å². The zero-order chi connectivity index (χ0) is 14.2. The Morgan fingerprint density at radius 2 is 1.95 bits per heavy atom. The third kappa shape index (κ3) is 1.96. The normalized spacial score (nSPS) is 13.4. The van der Waals surface area contributed by atoms with Crippen LogP contribution in [0.4, 0.5) is 0 Å². The summed E-state index contributed by atoms with van der Waals surface area (Å²) in [6, 6.07) is 12.3. The molecule has 2 aromatic heterocycles. The van der Waals surface area contributed by atoms with E-state index in [-0.39, 0.29) is 0 Å². The number of nitrogens with zero attached hydrogens (tertiary/aromatic N) is 6. The molecule has 6 nitrogen and oxygen atoms in total. The molecular weight excluding hydrogens is 264 g/mol. The van der Waals surface area contributed by atoms with E-state index in [4.69, 9.17) is 0 Å². The standard InChI is InChI=1S/C15H14N6/c1-20-13(11-5-3-2-4-6-11)9-12(19-20)15-18-17-14-10-16-7-8-21(14)15/h2-6,9-10H,7-8H2,1H3. The lowest BCUT2D eigenvalue weighted by atomic mass is 10.1. The maximum Gasteiger partial charge on any atom is 0.184 e. The second-order valence-corrected chi connectivity index (χ2v) is 4.97.